The van der Waals surface area contributed by atoms with Crippen LogP contribution in [0.15, 0.2) is 36.4 Å². The van der Waals surface area contributed by atoms with Gasteiger partial charge in [0.25, 0.3) is 0 Å². The van der Waals surface area contributed by atoms with Crippen LogP contribution in [-0.2, 0) is 19.5 Å². The number of carbonyl (C=O) groups is 1. The molecule has 5 nitrogen and oxygen atoms in total. The minimum absolute atomic E-state index is 0.0830. The van der Waals surface area contributed by atoms with Crippen LogP contribution < -0.4 is 14.8 Å². The number of halogens is 1. The van der Waals surface area contributed by atoms with Gasteiger partial charge >= 0.3 is 6.03 Å². The van der Waals surface area contributed by atoms with Gasteiger partial charge in [0, 0.05) is 24.7 Å². The van der Waals surface area contributed by atoms with Gasteiger partial charge in [-0.25, -0.2) is 4.79 Å². The third kappa shape index (κ3) is 3.99. The molecule has 0 fully saturated rings. The molecule has 1 aliphatic heterocycles. The molecule has 6 heteroatoms. The predicted molar refractivity (Wildman–Crippen MR) is 97.3 cm³/mol. The molecule has 0 saturated carbocycles. The molecule has 2 amide bonds. The quantitative estimate of drug-likeness (QED) is 0.905. The second kappa shape index (κ2) is 7.66. The number of amides is 2. The van der Waals surface area contributed by atoms with Crippen molar-refractivity contribution in [3.05, 3.63) is 58.1 Å². The first-order valence-electron chi connectivity index (χ1n) is 8.11. The van der Waals surface area contributed by atoms with Gasteiger partial charge in [-0.3, -0.25) is 0 Å². The van der Waals surface area contributed by atoms with E-state index in [1.165, 1.54) is 5.56 Å². The first-order valence-corrected chi connectivity index (χ1v) is 8.49. The highest BCUT2D eigenvalue weighted by Gasteiger charge is 2.22. The molecule has 25 heavy (non-hydrogen) atoms. The van der Waals surface area contributed by atoms with Gasteiger partial charge in [-0.2, -0.15) is 0 Å². The van der Waals surface area contributed by atoms with E-state index >= 15 is 0 Å². The van der Waals surface area contributed by atoms with Crippen molar-refractivity contribution < 1.29 is 14.3 Å². The molecule has 1 N–H and O–H groups in total. The normalized spacial score (nSPS) is 13.2. The highest BCUT2D eigenvalue weighted by Crippen LogP contribution is 2.33. The molecule has 2 aromatic rings. The Kier molecular flexibility index (Phi) is 5.34. The summed E-state index contributed by atoms with van der Waals surface area (Å²) in [7, 11) is 3.24. The summed E-state index contributed by atoms with van der Waals surface area (Å²) in [5, 5.41) is 3.62. The van der Waals surface area contributed by atoms with E-state index in [1.807, 2.05) is 36.4 Å². The molecular weight excluding hydrogens is 340 g/mol. The molecule has 1 aliphatic rings. The summed E-state index contributed by atoms with van der Waals surface area (Å²) < 4.78 is 10.7. The Hall–Kier alpha value is -2.40. The number of methoxy groups -OCH3 is 2. The first-order chi connectivity index (χ1) is 12.1. The molecule has 0 aliphatic carbocycles. The topological polar surface area (TPSA) is 50.8 Å². The van der Waals surface area contributed by atoms with Gasteiger partial charge in [0.05, 0.1) is 14.2 Å². The number of urea groups is 1. The molecule has 0 unspecified atom stereocenters. The Morgan fingerprint density at radius 3 is 2.56 bits per heavy atom. The maximum absolute atomic E-state index is 12.5. The summed E-state index contributed by atoms with van der Waals surface area (Å²) in [5.41, 5.74) is 3.25. The van der Waals surface area contributed by atoms with Gasteiger partial charge in [0.1, 0.15) is 0 Å². The monoisotopic (exact) mass is 360 g/mol. The Bertz CT molecular complexity index is 779. The van der Waals surface area contributed by atoms with E-state index in [0.717, 1.165) is 23.3 Å². The zero-order valence-corrected chi connectivity index (χ0v) is 15.1. The van der Waals surface area contributed by atoms with E-state index in [4.69, 9.17) is 21.1 Å². The van der Waals surface area contributed by atoms with Gasteiger partial charge < -0.3 is 19.7 Å². The third-order valence-corrected chi connectivity index (χ3v) is 4.57. The van der Waals surface area contributed by atoms with Gasteiger partial charge in [-0.1, -0.05) is 23.7 Å². The average Bonchev–Trinajstić information content (AvgIpc) is 2.64. The number of carbonyl (C=O) groups excluding carboxylic acids is 1. The van der Waals surface area contributed by atoms with E-state index in [9.17, 15) is 4.79 Å². The van der Waals surface area contributed by atoms with Crippen LogP contribution >= 0.6 is 11.6 Å². The molecular formula is C19H21ClN2O3. The highest BCUT2D eigenvalue weighted by atomic mass is 35.5. The van der Waals surface area contributed by atoms with E-state index in [1.54, 1.807) is 19.1 Å². The molecule has 3 rings (SSSR count). The number of fused-ring (bicyclic) bond motifs is 1. The number of nitrogens with one attached hydrogen (secondary N) is 1. The Morgan fingerprint density at radius 2 is 1.88 bits per heavy atom. The smallest absolute Gasteiger partial charge is 0.317 e. The van der Waals surface area contributed by atoms with Crippen LogP contribution in [0.5, 0.6) is 11.5 Å². The fourth-order valence-electron chi connectivity index (χ4n) is 2.99. The number of benzene rings is 2. The van der Waals surface area contributed by atoms with Crippen molar-refractivity contribution in [3.8, 4) is 11.5 Å². The minimum atomic E-state index is -0.0830. The Balaban J connectivity index is 1.66. The van der Waals surface area contributed by atoms with Gasteiger partial charge in [0.15, 0.2) is 11.5 Å². The second-order valence-electron chi connectivity index (χ2n) is 5.94. The zero-order chi connectivity index (χ0) is 17.8. The number of nitrogens with zero attached hydrogens (tertiary/aromatic N) is 1. The summed E-state index contributed by atoms with van der Waals surface area (Å²) in [6.07, 6.45) is 0.792. The lowest BCUT2D eigenvalue weighted by atomic mass is 9.99. The molecule has 0 aromatic heterocycles. The van der Waals surface area contributed by atoms with Crippen molar-refractivity contribution >= 4 is 17.6 Å². The average molecular weight is 361 g/mol. The van der Waals surface area contributed by atoms with Crippen molar-refractivity contribution in [2.75, 3.05) is 20.8 Å². The Labute approximate surface area is 152 Å². The number of hydrogen-bond acceptors (Lipinski definition) is 3. The van der Waals surface area contributed by atoms with Crippen LogP contribution in [-0.4, -0.2) is 31.7 Å². The highest BCUT2D eigenvalue weighted by molar-refractivity contribution is 6.30. The lowest BCUT2D eigenvalue weighted by Gasteiger charge is -2.29. The van der Waals surface area contributed by atoms with Crippen molar-refractivity contribution in [1.29, 1.82) is 0 Å². The summed E-state index contributed by atoms with van der Waals surface area (Å²) in [5.74, 6) is 1.41. The van der Waals surface area contributed by atoms with Crippen LogP contribution in [0.4, 0.5) is 4.79 Å². The molecule has 0 radical (unpaired) electrons. The zero-order valence-electron chi connectivity index (χ0n) is 14.3. The second-order valence-corrected chi connectivity index (χ2v) is 6.37. The van der Waals surface area contributed by atoms with Crippen molar-refractivity contribution in [1.82, 2.24) is 10.2 Å². The van der Waals surface area contributed by atoms with Crippen molar-refractivity contribution in [2.24, 2.45) is 0 Å². The molecule has 1 heterocycles. The van der Waals surface area contributed by atoms with E-state index < -0.39 is 0 Å². The summed E-state index contributed by atoms with van der Waals surface area (Å²) in [6, 6.07) is 11.3. The SMILES string of the molecule is COc1cc2c(cc1OC)CN(C(=O)NCc1cccc(Cl)c1)CC2. The van der Waals surface area contributed by atoms with Crippen molar-refractivity contribution in [2.45, 2.75) is 19.5 Å². The number of ether oxygens (including phenoxy) is 2. The predicted octanol–water partition coefficient (Wildman–Crippen LogP) is 3.63. The van der Waals surface area contributed by atoms with Crippen LogP contribution in [0, 0.1) is 0 Å². The minimum Gasteiger partial charge on any atom is -0.493 e. The third-order valence-electron chi connectivity index (χ3n) is 4.34. The van der Waals surface area contributed by atoms with Crippen LogP contribution in [0.1, 0.15) is 16.7 Å². The first kappa shape index (κ1) is 17.4. The lowest BCUT2D eigenvalue weighted by molar-refractivity contribution is 0.191. The standard InChI is InChI=1S/C19H21ClN2O3/c1-24-17-9-14-6-7-22(12-15(14)10-18(17)25-2)19(23)21-11-13-4-3-5-16(20)8-13/h3-5,8-10H,6-7,11-12H2,1-2H3,(H,21,23). The number of rotatable bonds is 4. The maximum atomic E-state index is 12.5. The molecule has 0 atom stereocenters. The van der Waals surface area contributed by atoms with Crippen LogP contribution in [0.2, 0.25) is 5.02 Å². The number of hydrogen-bond donors (Lipinski definition) is 1. The molecule has 132 valence electrons. The van der Waals surface area contributed by atoms with Crippen molar-refractivity contribution in [3.63, 3.8) is 0 Å². The van der Waals surface area contributed by atoms with Gasteiger partial charge in [-0.05, 0) is 47.4 Å². The molecule has 0 spiro atoms. The van der Waals surface area contributed by atoms with E-state index in [2.05, 4.69) is 5.32 Å². The molecule has 0 saturated heterocycles. The molecule has 0 bridgehead atoms. The maximum Gasteiger partial charge on any atom is 0.317 e. The summed E-state index contributed by atoms with van der Waals surface area (Å²) >= 11 is 5.97. The van der Waals surface area contributed by atoms with Gasteiger partial charge in [-0.15, -0.1) is 0 Å². The van der Waals surface area contributed by atoms with E-state index in [0.29, 0.717) is 30.4 Å². The Morgan fingerprint density at radius 1 is 1.16 bits per heavy atom. The van der Waals surface area contributed by atoms with E-state index in [-0.39, 0.29) is 6.03 Å². The van der Waals surface area contributed by atoms with Crippen LogP contribution in [0.3, 0.4) is 0 Å². The summed E-state index contributed by atoms with van der Waals surface area (Å²) in [4.78, 5) is 14.3. The van der Waals surface area contributed by atoms with Gasteiger partial charge in [0.2, 0.25) is 0 Å². The fraction of sp³-hybridized carbons (Fsp3) is 0.316. The lowest BCUT2D eigenvalue weighted by Crippen LogP contribution is -2.42. The molecule has 2 aromatic carbocycles. The van der Waals surface area contributed by atoms with Crippen LogP contribution in [0.25, 0.3) is 0 Å². The largest absolute Gasteiger partial charge is 0.493 e. The summed E-state index contributed by atoms with van der Waals surface area (Å²) in [6.45, 7) is 1.68. The fourth-order valence-corrected chi connectivity index (χ4v) is 3.21.